The number of rotatable bonds is 5. The molecule has 13 nitrogen and oxygen atoms in total. The molecule has 0 bridgehead atoms. The zero-order valence-electron chi connectivity index (χ0n) is 16.3. The fourth-order valence-electron chi connectivity index (χ4n) is 2.90. The van der Waals surface area contributed by atoms with E-state index in [1.807, 2.05) is 0 Å². The lowest BCUT2D eigenvalue weighted by atomic mass is 10.1. The number of benzene rings is 1. The smallest absolute Gasteiger partial charge is 0.364 e. The van der Waals surface area contributed by atoms with Crippen LogP contribution < -0.4 is 4.84 Å². The lowest BCUT2D eigenvalue weighted by Crippen LogP contribution is -2.33. The Morgan fingerprint density at radius 1 is 0.667 bits per heavy atom. The maximum atomic E-state index is 12.7. The molecule has 2 amide bonds. The van der Waals surface area contributed by atoms with Gasteiger partial charge < -0.3 is 30.1 Å². The summed E-state index contributed by atoms with van der Waals surface area (Å²) >= 11 is 0. The SMILES string of the molecule is O=C(ON1C(=O)C=CC1=O)c1cc(C(=O)On2c(O)ccc2O)cc(-n2c(O)ccc2O)c1. The van der Waals surface area contributed by atoms with E-state index in [2.05, 4.69) is 0 Å². The van der Waals surface area contributed by atoms with E-state index in [-0.39, 0.29) is 21.9 Å². The third-order valence-electron chi connectivity index (χ3n) is 4.40. The monoisotopic (exact) mass is 455 g/mol. The lowest BCUT2D eigenvalue weighted by Gasteiger charge is -2.15. The Hall–Kier alpha value is -5.20. The predicted octanol–water partition coefficient (Wildman–Crippen LogP) is 0.367. The Labute approximate surface area is 183 Å². The molecule has 1 aromatic carbocycles. The minimum Gasteiger partial charge on any atom is -0.494 e. The molecule has 0 aliphatic carbocycles. The molecule has 3 aromatic rings. The van der Waals surface area contributed by atoms with Gasteiger partial charge in [-0.25, -0.2) is 9.59 Å². The summed E-state index contributed by atoms with van der Waals surface area (Å²) in [5.74, 6) is -6.30. The van der Waals surface area contributed by atoms with Gasteiger partial charge in [-0.1, -0.05) is 5.06 Å². The molecule has 2 aromatic heterocycles. The Balaban J connectivity index is 1.74. The van der Waals surface area contributed by atoms with Crippen molar-refractivity contribution in [1.29, 1.82) is 0 Å². The molecule has 0 unspecified atom stereocenters. The number of hydrogen-bond donors (Lipinski definition) is 4. The summed E-state index contributed by atoms with van der Waals surface area (Å²) in [6.45, 7) is 0. The van der Waals surface area contributed by atoms with Crippen LogP contribution in [0.5, 0.6) is 23.5 Å². The number of carbonyl (C=O) groups is 4. The van der Waals surface area contributed by atoms with Gasteiger partial charge in [0.2, 0.25) is 11.8 Å². The lowest BCUT2D eigenvalue weighted by molar-refractivity contribution is -0.170. The van der Waals surface area contributed by atoms with Crippen LogP contribution in [0.15, 0.2) is 54.6 Å². The topological polar surface area (TPSA) is 181 Å². The third-order valence-corrected chi connectivity index (χ3v) is 4.40. The van der Waals surface area contributed by atoms with E-state index in [0.717, 1.165) is 59.2 Å². The zero-order chi connectivity index (χ0) is 23.9. The van der Waals surface area contributed by atoms with Gasteiger partial charge in [0.15, 0.2) is 11.8 Å². The van der Waals surface area contributed by atoms with Crippen molar-refractivity contribution in [3.8, 4) is 29.2 Å². The highest BCUT2D eigenvalue weighted by Crippen LogP contribution is 2.29. The van der Waals surface area contributed by atoms with Crippen LogP contribution in [0.25, 0.3) is 5.69 Å². The Kier molecular flexibility index (Phi) is 4.98. The first-order valence-electron chi connectivity index (χ1n) is 9.01. The first-order chi connectivity index (χ1) is 15.7. The van der Waals surface area contributed by atoms with Crippen LogP contribution in [0.4, 0.5) is 0 Å². The number of aromatic nitrogens is 2. The molecule has 0 saturated heterocycles. The second kappa shape index (κ2) is 7.81. The Bertz CT molecular complexity index is 1290. The number of amides is 2. The summed E-state index contributed by atoms with van der Waals surface area (Å²) in [6.07, 6.45) is 1.78. The van der Waals surface area contributed by atoms with Gasteiger partial charge in [0.25, 0.3) is 11.8 Å². The molecule has 0 radical (unpaired) electrons. The highest BCUT2D eigenvalue weighted by Gasteiger charge is 2.29. The van der Waals surface area contributed by atoms with Gasteiger partial charge >= 0.3 is 11.9 Å². The van der Waals surface area contributed by atoms with E-state index < -0.39 is 47.3 Å². The molecule has 1 aliphatic rings. The summed E-state index contributed by atoms with van der Waals surface area (Å²) in [7, 11) is 0. The summed E-state index contributed by atoms with van der Waals surface area (Å²) in [5.41, 5.74) is -0.827. The highest BCUT2D eigenvalue weighted by atomic mass is 16.7. The predicted molar refractivity (Wildman–Crippen MR) is 104 cm³/mol. The summed E-state index contributed by atoms with van der Waals surface area (Å²) in [4.78, 5) is 58.3. The standard InChI is InChI=1S/C20H13N3O10/c24-13-1-2-14(25)21(13)12-8-10(19(30)32-22-15(26)3-4-16(22)27)7-11(9-12)20(31)33-23-17(28)5-6-18(23)29/h1-9,24-27H. The second-order valence-corrected chi connectivity index (χ2v) is 6.56. The number of aromatic hydroxyl groups is 4. The normalized spacial score (nSPS) is 12.9. The summed E-state index contributed by atoms with van der Waals surface area (Å²) < 4.78 is 1.27. The number of hydrogen-bond acceptors (Lipinski definition) is 10. The van der Waals surface area contributed by atoms with Gasteiger partial charge in [-0.05, 0) is 18.2 Å². The molecule has 0 atom stereocenters. The van der Waals surface area contributed by atoms with Crippen LogP contribution in [0.1, 0.15) is 20.7 Å². The van der Waals surface area contributed by atoms with Crippen LogP contribution in [0.2, 0.25) is 0 Å². The minimum atomic E-state index is -1.23. The number of carbonyl (C=O) groups excluding carboxylic acids is 4. The van der Waals surface area contributed by atoms with E-state index in [0.29, 0.717) is 4.73 Å². The molecule has 0 spiro atoms. The molecule has 4 rings (SSSR count). The molecule has 13 heteroatoms. The van der Waals surface area contributed by atoms with Crippen LogP contribution in [-0.2, 0) is 14.4 Å². The molecule has 168 valence electrons. The van der Waals surface area contributed by atoms with Crippen LogP contribution >= 0.6 is 0 Å². The Morgan fingerprint density at radius 2 is 1.12 bits per heavy atom. The maximum Gasteiger partial charge on any atom is 0.364 e. The molecular formula is C20H13N3O10. The van der Waals surface area contributed by atoms with Crippen molar-refractivity contribution < 1.29 is 49.3 Å². The maximum absolute atomic E-state index is 12.7. The first kappa shape index (κ1) is 21.0. The summed E-state index contributed by atoms with van der Waals surface area (Å²) in [5, 5.41) is 39.6. The van der Waals surface area contributed by atoms with E-state index in [4.69, 9.17) is 9.68 Å². The van der Waals surface area contributed by atoms with Crippen molar-refractivity contribution in [2.75, 3.05) is 0 Å². The van der Waals surface area contributed by atoms with Gasteiger partial charge in [-0.2, -0.15) is 0 Å². The van der Waals surface area contributed by atoms with Gasteiger partial charge in [0.05, 0.1) is 16.8 Å². The highest BCUT2D eigenvalue weighted by molar-refractivity contribution is 6.13. The number of hydroxylamine groups is 2. The van der Waals surface area contributed by atoms with E-state index in [1.54, 1.807) is 0 Å². The summed E-state index contributed by atoms with van der Waals surface area (Å²) in [6, 6.07) is 7.57. The largest absolute Gasteiger partial charge is 0.494 e. The molecule has 3 heterocycles. The third kappa shape index (κ3) is 3.81. The number of nitrogens with zero attached hydrogens (tertiary/aromatic N) is 3. The van der Waals surface area contributed by atoms with E-state index >= 15 is 0 Å². The second-order valence-electron chi connectivity index (χ2n) is 6.56. The fraction of sp³-hybridized carbons (Fsp3) is 0. The van der Waals surface area contributed by atoms with Crippen molar-refractivity contribution in [3.05, 3.63) is 65.7 Å². The van der Waals surface area contributed by atoms with E-state index in [1.165, 1.54) is 0 Å². The molecule has 4 N–H and O–H groups in total. The van der Waals surface area contributed by atoms with Crippen molar-refractivity contribution in [1.82, 2.24) is 14.4 Å². The van der Waals surface area contributed by atoms with Crippen molar-refractivity contribution in [2.24, 2.45) is 0 Å². The van der Waals surface area contributed by atoms with Crippen LogP contribution in [0.3, 0.4) is 0 Å². The number of imide groups is 1. The average Bonchev–Trinajstić information content (AvgIpc) is 3.40. The van der Waals surface area contributed by atoms with Crippen molar-refractivity contribution in [3.63, 3.8) is 0 Å². The average molecular weight is 455 g/mol. The fourth-order valence-corrected chi connectivity index (χ4v) is 2.90. The molecule has 0 fully saturated rings. The van der Waals surface area contributed by atoms with E-state index in [9.17, 15) is 39.6 Å². The van der Waals surface area contributed by atoms with Crippen LogP contribution in [0, 0.1) is 0 Å². The quantitative estimate of drug-likeness (QED) is 0.392. The molecular weight excluding hydrogens is 442 g/mol. The van der Waals surface area contributed by atoms with Gasteiger partial charge in [-0.15, -0.1) is 4.73 Å². The van der Waals surface area contributed by atoms with Gasteiger partial charge in [0.1, 0.15) is 0 Å². The van der Waals surface area contributed by atoms with Crippen molar-refractivity contribution >= 4 is 23.8 Å². The van der Waals surface area contributed by atoms with Crippen molar-refractivity contribution in [2.45, 2.75) is 0 Å². The van der Waals surface area contributed by atoms with Crippen LogP contribution in [-0.4, -0.2) is 58.5 Å². The minimum absolute atomic E-state index is 0.102. The van der Waals surface area contributed by atoms with Gasteiger partial charge in [-0.3, -0.25) is 14.2 Å². The molecule has 33 heavy (non-hydrogen) atoms. The molecule has 0 saturated carbocycles. The Morgan fingerprint density at radius 3 is 1.64 bits per heavy atom. The first-order valence-corrected chi connectivity index (χ1v) is 9.01. The van der Waals surface area contributed by atoms with Gasteiger partial charge in [0, 0.05) is 36.4 Å². The zero-order valence-corrected chi connectivity index (χ0v) is 16.3. The molecule has 1 aliphatic heterocycles.